The monoisotopic (exact) mass is 221 g/mol. The minimum atomic E-state index is -6.00. The van der Waals surface area contributed by atoms with Crippen LogP contribution in [0, 0.1) is 5.94 Å². The molecule has 0 N–H and O–H groups in total. The summed E-state index contributed by atoms with van der Waals surface area (Å²) in [6.45, 7) is 2.22. The van der Waals surface area contributed by atoms with Crippen molar-refractivity contribution in [3.8, 4) is 5.94 Å². The second-order valence-electron chi connectivity index (χ2n) is 2.38. The summed E-state index contributed by atoms with van der Waals surface area (Å²) in [6.07, 6.45) is 5.10. The van der Waals surface area contributed by atoms with Crippen LogP contribution in [-0.2, 0) is 0 Å². The van der Waals surface area contributed by atoms with Gasteiger partial charge in [-0.1, -0.05) is 0 Å². The molecule has 0 aliphatic heterocycles. The van der Waals surface area contributed by atoms with Gasteiger partial charge in [-0.15, -0.1) is 0 Å². The summed E-state index contributed by atoms with van der Waals surface area (Å²) in [6, 6.07) is 0. The first-order chi connectivity index (χ1) is 5.91. The maximum absolute atomic E-state index is 9.75. The van der Waals surface area contributed by atoms with E-state index >= 15 is 0 Å². The van der Waals surface area contributed by atoms with Gasteiger partial charge in [0.05, 0.1) is 0 Å². The number of unbranched alkanes of at least 4 members (excludes halogenated alkanes) is 3. The van der Waals surface area contributed by atoms with Gasteiger partial charge in [-0.2, -0.15) is 0 Å². The number of hydrogen-bond acceptors (Lipinski definition) is 0. The molecule has 0 aromatic heterocycles. The van der Waals surface area contributed by atoms with Crippen LogP contribution in [0.5, 0.6) is 0 Å². The first-order valence-corrected chi connectivity index (χ1v) is 5.75. The summed E-state index contributed by atoms with van der Waals surface area (Å²) in [5, 5.41) is 0. The zero-order chi connectivity index (χ0) is 10.7. The van der Waals surface area contributed by atoms with Crippen molar-refractivity contribution in [1.29, 1.82) is 0 Å². The van der Waals surface area contributed by atoms with Gasteiger partial charge in [-0.05, 0) is 0 Å². The molecule has 0 aromatic carbocycles. The summed E-state index contributed by atoms with van der Waals surface area (Å²) in [5.74, 6) is 3.12. The normalized spacial score (nSPS) is 9.46. The van der Waals surface area contributed by atoms with Crippen molar-refractivity contribution in [3.63, 3.8) is 0 Å². The minimum absolute atomic E-state index is 0.749. The SMILES string of the molecule is CCCCCC#[C][K].F[B-](F)(F)F. The van der Waals surface area contributed by atoms with Crippen LogP contribution in [-0.4, -0.2) is 56.2 Å². The summed E-state index contributed by atoms with van der Waals surface area (Å²) < 4.78 is 42.1. The molecule has 0 aliphatic rings. The fraction of sp³-hybridized carbons (Fsp3) is 0.714. The van der Waals surface area contributed by atoms with E-state index in [0.29, 0.717) is 0 Å². The fourth-order valence-corrected chi connectivity index (χ4v) is 0.979. The van der Waals surface area contributed by atoms with Crippen LogP contribution in [0.2, 0.25) is 0 Å². The van der Waals surface area contributed by atoms with Crippen LogP contribution < -0.4 is 0 Å². The smallest absolute Gasteiger partial charge is 0.418 e. The zero-order valence-electron chi connectivity index (χ0n) is 7.92. The van der Waals surface area contributed by atoms with E-state index in [9.17, 15) is 17.3 Å². The third-order valence-corrected chi connectivity index (χ3v) is 1.63. The first-order valence-electron chi connectivity index (χ1n) is 4.18. The van der Waals surface area contributed by atoms with Crippen LogP contribution in [0.1, 0.15) is 32.6 Å². The molecule has 0 radical (unpaired) electrons. The number of rotatable bonds is 3. The molecule has 72 valence electrons. The molecule has 0 nitrogen and oxygen atoms in total. The molecule has 0 fully saturated rings. The Hall–Kier alpha value is 0.981. The quantitative estimate of drug-likeness (QED) is 0.297. The van der Waals surface area contributed by atoms with Crippen molar-refractivity contribution in [2.24, 2.45) is 0 Å². The van der Waals surface area contributed by atoms with Crippen LogP contribution >= 0.6 is 0 Å². The van der Waals surface area contributed by atoms with Crippen molar-refractivity contribution < 1.29 is 17.3 Å². The molecule has 0 rings (SSSR count). The Morgan fingerprint density at radius 1 is 1.15 bits per heavy atom. The van der Waals surface area contributed by atoms with Gasteiger partial charge < -0.3 is 17.3 Å². The molecule has 0 bridgehead atoms. The van der Waals surface area contributed by atoms with Gasteiger partial charge >= 0.3 is 94.8 Å². The predicted molar refractivity (Wildman–Crippen MR) is 47.9 cm³/mol. The molecule has 6 heteroatoms. The predicted octanol–water partition coefficient (Wildman–Crippen LogP) is 3.00. The Morgan fingerprint density at radius 2 is 1.62 bits per heavy atom. The van der Waals surface area contributed by atoms with Crippen LogP contribution in [0.25, 0.3) is 0 Å². The molecular weight excluding hydrogens is 210 g/mol. The standard InChI is InChI=1S/C7H11.BF4.K/c1-3-5-7-6-4-2;2-1(3,4)5;/h3,5-7H2,1H3;;/q;-1;. The van der Waals surface area contributed by atoms with Gasteiger partial charge in [-0.3, -0.25) is 0 Å². The van der Waals surface area contributed by atoms with Crippen LogP contribution in [0.15, 0.2) is 0 Å². The van der Waals surface area contributed by atoms with Gasteiger partial charge in [0, 0.05) is 0 Å². The first kappa shape index (κ1) is 16.4. The molecule has 0 saturated heterocycles. The molecule has 0 heterocycles. The molecule has 0 atom stereocenters. The Morgan fingerprint density at radius 3 is 1.92 bits per heavy atom. The number of halogens is 4. The molecular formula is C7H11BF4K-. The molecule has 0 amide bonds. The second-order valence-corrected chi connectivity index (χ2v) is 3.16. The van der Waals surface area contributed by atoms with Gasteiger partial charge in [-0.25, -0.2) is 0 Å². The van der Waals surface area contributed by atoms with Gasteiger partial charge in [0.2, 0.25) is 0 Å². The van der Waals surface area contributed by atoms with Crippen molar-refractivity contribution in [2.45, 2.75) is 32.6 Å². The van der Waals surface area contributed by atoms with Crippen molar-refractivity contribution in [1.82, 2.24) is 0 Å². The van der Waals surface area contributed by atoms with E-state index in [-0.39, 0.29) is 0 Å². The van der Waals surface area contributed by atoms with Gasteiger partial charge in [0.1, 0.15) is 0 Å². The summed E-state index contributed by atoms with van der Waals surface area (Å²) in [5.41, 5.74) is 0. The molecule has 0 saturated carbocycles. The Balaban J connectivity index is 0. The van der Waals surface area contributed by atoms with Crippen molar-refractivity contribution >= 4 is 56.2 Å². The maximum atomic E-state index is 9.75. The Bertz CT molecular complexity index is 152. The average molecular weight is 221 g/mol. The largest absolute Gasteiger partial charge is 0.673 e. The van der Waals surface area contributed by atoms with Gasteiger partial charge in [0.15, 0.2) is 0 Å². The van der Waals surface area contributed by atoms with E-state index in [1.165, 1.54) is 19.3 Å². The maximum Gasteiger partial charge on any atom is 0.673 e. The van der Waals surface area contributed by atoms with Crippen molar-refractivity contribution in [3.05, 3.63) is 0 Å². The van der Waals surface area contributed by atoms with E-state index < -0.39 is 7.25 Å². The average Bonchev–Trinajstić information content (AvgIpc) is 1.95. The second kappa shape index (κ2) is 11.1. The summed E-state index contributed by atoms with van der Waals surface area (Å²) >= 11 is 0.749. The molecule has 0 aromatic rings. The van der Waals surface area contributed by atoms with Gasteiger partial charge in [0.25, 0.3) is 0 Å². The van der Waals surface area contributed by atoms with E-state index in [1.54, 1.807) is 0 Å². The topological polar surface area (TPSA) is 0 Å². The van der Waals surface area contributed by atoms with E-state index in [1.807, 2.05) is 0 Å². The molecule has 0 spiro atoms. The van der Waals surface area contributed by atoms with E-state index in [0.717, 1.165) is 55.4 Å². The Kier molecular flexibility index (Phi) is 14.0. The fourth-order valence-electron chi connectivity index (χ4n) is 0.588. The Labute approximate surface area is 111 Å². The summed E-state index contributed by atoms with van der Waals surface area (Å²) in [4.78, 5) is 0. The van der Waals surface area contributed by atoms with Crippen LogP contribution in [0.4, 0.5) is 17.3 Å². The molecule has 0 aliphatic carbocycles. The van der Waals surface area contributed by atoms with Crippen molar-refractivity contribution in [2.75, 3.05) is 0 Å². The third kappa shape index (κ3) is 43.8. The minimum Gasteiger partial charge on any atom is -0.418 e. The third-order valence-electron chi connectivity index (χ3n) is 1.08. The summed E-state index contributed by atoms with van der Waals surface area (Å²) in [7, 11) is -6.00. The van der Waals surface area contributed by atoms with E-state index in [4.69, 9.17) is 0 Å². The van der Waals surface area contributed by atoms with E-state index in [2.05, 4.69) is 12.9 Å². The molecule has 13 heavy (non-hydrogen) atoms. The zero-order valence-corrected chi connectivity index (χ0v) is 11.0. The van der Waals surface area contributed by atoms with Crippen LogP contribution in [0.3, 0.4) is 0 Å². The molecule has 0 unspecified atom stereocenters. The number of hydrogen-bond donors (Lipinski definition) is 0.